The quantitative estimate of drug-likeness (QED) is 0.889. The molecule has 5 heteroatoms. The SMILES string of the molecule is CCCNC(Cc1c(C)nn(C)c1C)c1ccncc1F. The number of hydrogen-bond acceptors (Lipinski definition) is 3. The zero-order chi connectivity index (χ0) is 15.4. The molecule has 0 aliphatic heterocycles. The average molecular weight is 290 g/mol. The molecule has 1 unspecified atom stereocenters. The fraction of sp³-hybridized carbons (Fsp3) is 0.500. The van der Waals surface area contributed by atoms with Gasteiger partial charge in [0.05, 0.1) is 11.9 Å². The third-order valence-corrected chi connectivity index (χ3v) is 3.89. The molecule has 4 nitrogen and oxygen atoms in total. The minimum atomic E-state index is -0.259. The molecule has 1 atom stereocenters. The first kappa shape index (κ1) is 15.6. The van der Waals surface area contributed by atoms with Crippen molar-refractivity contribution in [3.05, 3.63) is 46.8 Å². The van der Waals surface area contributed by atoms with Gasteiger partial charge in [0.2, 0.25) is 0 Å². The van der Waals surface area contributed by atoms with Crippen molar-refractivity contribution >= 4 is 0 Å². The fourth-order valence-corrected chi connectivity index (χ4v) is 2.60. The molecular formula is C16H23FN4. The summed E-state index contributed by atoms with van der Waals surface area (Å²) in [4.78, 5) is 3.83. The molecular weight excluding hydrogens is 267 g/mol. The average Bonchev–Trinajstić information content (AvgIpc) is 2.70. The highest BCUT2D eigenvalue weighted by atomic mass is 19.1. The number of nitrogens with one attached hydrogen (secondary N) is 1. The maximum atomic E-state index is 14.1. The third-order valence-electron chi connectivity index (χ3n) is 3.89. The van der Waals surface area contributed by atoms with E-state index in [4.69, 9.17) is 0 Å². The fourth-order valence-electron chi connectivity index (χ4n) is 2.60. The lowest BCUT2D eigenvalue weighted by Gasteiger charge is -2.19. The Kier molecular flexibility index (Phi) is 5.07. The molecule has 0 aliphatic rings. The summed E-state index contributed by atoms with van der Waals surface area (Å²) in [5.74, 6) is -0.259. The summed E-state index contributed by atoms with van der Waals surface area (Å²) in [7, 11) is 1.94. The van der Waals surface area contributed by atoms with E-state index in [0.717, 1.165) is 30.8 Å². The van der Waals surface area contributed by atoms with Crippen molar-refractivity contribution in [2.75, 3.05) is 6.54 Å². The molecule has 0 radical (unpaired) electrons. The van der Waals surface area contributed by atoms with Gasteiger partial charge in [-0.25, -0.2) is 4.39 Å². The largest absolute Gasteiger partial charge is 0.310 e. The van der Waals surface area contributed by atoms with Crippen LogP contribution in [0.5, 0.6) is 0 Å². The maximum Gasteiger partial charge on any atom is 0.146 e. The number of aryl methyl sites for hydroxylation is 2. The van der Waals surface area contributed by atoms with E-state index in [0.29, 0.717) is 5.56 Å². The first-order valence-corrected chi connectivity index (χ1v) is 7.36. The Morgan fingerprint density at radius 2 is 2.14 bits per heavy atom. The van der Waals surface area contributed by atoms with Crippen molar-refractivity contribution in [2.45, 2.75) is 39.7 Å². The van der Waals surface area contributed by atoms with Crippen molar-refractivity contribution in [1.29, 1.82) is 0 Å². The molecule has 2 aromatic rings. The molecule has 114 valence electrons. The zero-order valence-corrected chi connectivity index (χ0v) is 13.2. The second-order valence-electron chi connectivity index (χ2n) is 5.38. The van der Waals surface area contributed by atoms with Gasteiger partial charge < -0.3 is 5.32 Å². The number of pyridine rings is 1. The van der Waals surface area contributed by atoms with Crippen LogP contribution in [0.2, 0.25) is 0 Å². The molecule has 21 heavy (non-hydrogen) atoms. The summed E-state index contributed by atoms with van der Waals surface area (Å²) in [6, 6.07) is 1.69. The Hall–Kier alpha value is -1.75. The van der Waals surface area contributed by atoms with Gasteiger partial charge in [0.25, 0.3) is 0 Å². The van der Waals surface area contributed by atoms with E-state index in [-0.39, 0.29) is 11.9 Å². The lowest BCUT2D eigenvalue weighted by Crippen LogP contribution is -2.25. The minimum absolute atomic E-state index is 0.0606. The van der Waals surface area contributed by atoms with Gasteiger partial charge in [0.15, 0.2) is 0 Å². The van der Waals surface area contributed by atoms with E-state index < -0.39 is 0 Å². The molecule has 0 saturated heterocycles. The van der Waals surface area contributed by atoms with Crippen LogP contribution in [-0.4, -0.2) is 21.3 Å². The predicted molar refractivity (Wildman–Crippen MR) is 81.6 cm³/mol. The van der Waals surface area contributed by atoms with Crippen LogP contribution in [0.1, 0.15) is 41.9 Å². The van der Waals surface area contributed by atoms with Gasteiger partial charge in [-0.15, -0.1) is 0 Å². The molecule has 0 amide bonds. The molecule has 0 aliphatic carbocycles. The maximum absolute atomic E-state index is 14.1. The normalized spacial score (nSPS) is 12.6. The van der Waals surface area contributed by atoms with Crippen molar-refractivity contribution in [3.8, 4) is 0 Å². The second kappa shape index (κ2) is 6.80. The van der Waals surface area contributed by atoms with E-state index in [1.807, 2.05) is 18.7 Å². The summed E-state index contributed by atoms with van der Waals surface area (Å²) < 4.78 is 15.9. The minimum Gasteiger partial charge on any atom is -0.310 e. The monoisotopic (exact) mass is 290 g/mol. The summed E-state index contributed by atoms with van der Waals surface area (Å²) >= 11 is 0. The molecule has 2 heterocycles. The predicted octanol–water partition coefficient (Wildman–Crippen LogP) is 2.85. The van der Waals surface area contributed by atoms with Crippen LogP contribution in [0, 0.1) is 19.7 Å². The van der Waals surface area contributed by atoms with Crippen molar-refractivity contribution in [1.82, 2.24) is 20.1 Å². The smallest absolute Gasteiger partial charge is 0.146 e. The molecule has 2 aromatic heterocycles. The summed E-state index contributed by atoms with van der Waals surface area (Å²) in [5.41, 5.74) is 3.99. The van der Waals surface area contributed by atoms with Crippen molar-refractivity contribution in [2.24, 2.45) is 7.05 Å². The lowest BCUT2D eigenvalue weighted by atomic mass is 9.98. The van der Waals surface area contributed by atoms with Gasteiger partial charge in [0.1, 0.15) is 5.82 Å². The van der Waals surface area contributed by atoms with Gasteiger partial charge in [-0.1, -0.05) is 6.92 Å². The highest BCUT2D eigenvalue weighted by Crippen LogP contribution is 2.24. The van der Waals surface area contributed by atoms with Crippen LogP contribution in [0.3, 0.4) is 0 Å². The molecule has 0 saturated carbocycles. The van der Waals surface area contributed by atoms with Gasteiger partial charge >= 0.3 is 0 Å². The van der Waals surface area contributed by atoms with Crippen LogP contribution >= 0.6 is 0 Å². The second-order valence-corrected chi connectivity index (χ2v) is 5.38. The van der Waals surface area contributed by atoms with Gasteiger partial charge in [-0.05, 0) is 44.9 Å². The van der Waals surface area contributed by atoms with Crippen LogP contribution in [-0.2, 0) is 13.5 Å². The molecule has 0 fully saturated rings. The van der Waals surface area contributed by atoms with Crippen molar-refractivity contribution < 1.29 is 4.39 Å². The molecule has 1 N–H and O–H groups in total. The number of aromatic nitrogens is 3. The van der Waals surface area contributed by atoms with Gasteiger partial charge in [-0.3, -0.25) is 9.67 Å². The van der Waals surface area contributed by atoms with Gasteiger partial charge in [-0.2, -0.15) is 5.10 Å². The standard InChI is InChI=1S/C16H23FN4/c1-5-7-19-16(13-6-8-18-10-15(13)17)9-14-11(2)20-21(4)12(14)3/h6,8,10,16,19H,5,7,9H2,1-4H3. The zero-order valence-electron chi connectivity index (χ0n) is 13.2. The summed E-state index contributed by atoms with van der Waals surface area (Å²) in [6.45, 7) is 7.01. The third kappa shape index (κ3) is 3.47. The highest BCUT2D eigenvalue weighted by molar-refractivity contribution is 5.28. The Bertz CT molecular complexity index is 606. The van der Waals surface area contributed by atoms with E-state index in [1.165, 1.54) is 11.8 Å². The number of rotatable bonds is 6. The van der Waals surface area contributed by atoms with Gasteiger partial charge in [0, 0.05) is 30.5 Å². The Labute approximate surface area is 125 Å². The Morgan fingerprint density at radius 1 is 1.38 bits per heavy atom. The van der Waals surface area contributed by atoms with Crippen LogP contribution < -0.4 is 5.32 Å². The number of nitrogens with zero attached hydrogens (tertiary/aromatic N) is 3. The van der Waals surface area contributed by atoms with Crippen LogP contribution in [0.4, 0.5) is 4.39 Å². The number of hydrogen-bond donors (Lipinski definition) is 1. The molecule has 2 rings (SSSR count). The lowest BCUT2D eigenvalue weighted by molar-refractivity contribution is 0.493. The highest BCUT2D eigenvalue weighted by Gasteiger charge is 2.19. The van der Waals surface area contributed by atoms with E-state index in [9.17, 15) is 4.39 Å². The van der Waals surface area contributed by atoms with Crippen molar-refractivity contribution in [3.63, 3.8) is 0 Å². The van der Waals surface area contributed by atoms with Crippen LogP contribution in [0.15, 0.2) is 18.5 Å². The first-order valence-electron chi connectivity index (χ1n) is 7.36. The van der Waals surface area contributed by atoms with Crippen LogP contribution in [0.25, 0.3) is 0 Å². The summed E-state index contributed by atoms with van der Waals surface area (Å²) in [5, 5.41) is 7.88. The molecule has 0 aromatic carbocycles. The van der Waals surface area contributed by atoms with E-state index >= 15 is 0 Å². The Morgan fingerprint density at radius 3 is 2.71 bits per heavy atom. The van der Waals surface area contributed by atoms with E-state index in [2.05, 4.69) is 29.2 Å². The Balaban J connectivity index is 2.31. The first-order chi connectivity index (χ1) is 10.0. The summed E-state index contributed by atoms with van der Waals surface area (Å²) in [6.07, 6.45) is 4.65. The molecule has 0 spiro atoms. The molecule has 0 bridgehead atoms. The number of halogens is 1. The van der Waals surface area contributed by atoms with E-state index in [1.54, 1.807) is 12.3 Å². The topological polar surface area (TPSA) is 42.7 Å².